The molecule has 2 atom stereocenters. The molecule has 2 amide bonds. The van der Waals surface area contributed by atoms with Crippen LogP contribution in [0.3, 0.4) is 0 Å². The van der Waals surface area contributed by atoms with Crippen molar-refractivity contribution in [2.24, 2.45) is 5.92 Å². The molecule has 2 aromatic rings. The van der Waals surface area contributed by atoms with Gasteiger partial charge >= 0.3 is 6.09 Å². The van der Waals surface area contributed by atoms with Gasteiger partial charge in [-0.05, 0) is 43.4 Å². The maximum absolute atomic E-state index is 12.7. The van der Waals surface area contributed by atoms with Gasteiger partial charge in [0, 0.05) is 31.2 Å². The molecule has 3 rings (SSSR count). The number of hydrogen-bond acceptors (Lipinski definition) is 3. The smallest absolute Gasteiger partial charge is 0.410 e. The van der Waals surface area contributed by atoms with E-state index in [0.29, 0.717) is 19.5 Å². The molecule has 1 aliphatic heterocycles. The topological polar surface area (TPSA) is 49.9 Å². The minimum absolute atomic E-state index is 0.00886. The fourth-order valence-electron chi connectivity index (χ4n) is 3.96. The lowest BCUT2D eigenvalue weighted by atomic mass is 9.90. The Labute approximate surface area is 173 Å². The van der Waals surface area contributed by atoms with E-state index in [2.05, 4.69) is 6.92 Å². The van der Waals surface area contributed by atoms with Crippen LogP contribution in [0.4, 0.5) is 10.5 Å². The summed E-state index contributed by atoms with van der Waals surface area (Å²) < 4.78 is 5.52. The van der Waals surface area contributed by atoms with Gasteiger partial charge in [-0.2, -0.15) is 0 Å². The van der Waals surface area contributed by atoms with Crippen molar-refractivity contribution < 1.29 is 14.3 Å². The average molecular weight is 395 g/mol. The Morgan fingerprint density at radius 1 is 1.10 bits per heavy atom. The van der Waals surface area contributed by atoms with Gasteiger partial charge < -0.3 is 14.5 Å². The highest BCUT2D eigenvalue weighted by Crippen LogP contribution is 2.28. The van der Waals surface area contributed by atoms with Crippen molar-refractivity contribution in [2.75, 3.05) is 18.0 Å². The fraction of sp³-hybridized carbons (Fsp3) is 0.417. The van der Waals surface area contributed by atoms with Crippen molar-refractivity contribution in [3.8, 4) is 0 Å². The summed E-state index contributed by atoms with van der Waals surface area (Å²) in [5.41, 5.74) is 1.89. The molecule has 2 aromatic carbocycles. The maximum Gasteiger partial charge on any atom is 0.410 e. The number of benzene rings is 2. The summed E-state index contributed by atoms with van der Waals surface area (Å²) in [5, 5.41) is 0. The summed E-state index contributed by atoms with van der Waals surface area (Å²) in [4.78, 5) is 29.0. The Hall–Kier alpha value is -2.82. The summed E-state index contributed by atoms with van der Waals surface area (Å²) in [7, 11) is 0. The number of rotatable bonds is 6. The van der Waals surface area contributed by atoms with Crippen LogP contribution < -0.4 is 4.90 Å². The number of piperidine rings is 1. The Morgan fingerprint density at radius 3 is 2.41 bits per heavy atom. The van der Waals surface area contributed by atoms with E-state index in [1.54, 1.807) is 4.90 Å². The van der Waals surface area contributed by atoms with Gasteiger partial charge in [0.15, 0.2) is 0 Å². The molecule has 29 heavy (non-hydrogen) atoms. The number of likely N-dealkylation sites (tertiary alicyclic amines) is 1. The first-order chi connectivity index (χ1) is 14.1. The van der Waals surface area contributed by atoms with Crippen molar-refractivity contribution in [2.45, 2.75) is 45.8 Å². The molecule has 0 aliphatic carbocycles. The van der Waals surface area contributed by atoms with Gasteiger partial charge in [0.25, 0.3) is 0 Å². The molecule has 1 aliphatic rings. The number of carbonyl (C=O) groups is 2. The zero-order chi connectivity index (χ0) is 20.6. The number of anilines is 1. The molecule has 1 unspecified atom stereocenters. The predicted molar refractivity (Wildman–Crippen MR) is 115 cm³/mol. The second kappa shape index (κ2) is 10.1. The third kappa shape index (κ3) is 5.37. The number of para-hydroxylation sites is 1. The van der Waals surface area contributed by atoms with Crippen LogP contribution in [0, 0.1) is 5.92 Å². The van der Waals surface area contributed by atoms with Gasteiger partial charge in [-0.15, -0.1) is 0 Å². The molecular formula is C24H30N2O3. The van der Waals surface area contributed by atoms with Gasteiger partial charge in [-0.25, -0.2) is 4.79 Å². The molecule has 0 radical (unpaired) electrons. The molecule has 0 saturated carbocycles. The monoisotopic (exact) mass is 394 g/mol. The molecule has 5 nitrogen and oxygen atoms in total. The van der Waals surface area contributed by atoms with E-state index >= 15 is 0 Å². The van der Waals surface area contributed by atoms with Crippen molar-refractivity contribution in [3.63, 3.8) is 0 Å². The molecule has 5 heteroatoms. The van der Waals surface area contributed by atoms with Gasteiger partial charge in [-0.3, -0.25) is 4.79 Å². The van der Waals surface area contributed by atoms with Crippen molar-refractivity contribution >= 4 is 17.7 Å². The van der Waals surface area contributed by atoms with Gasteiger partial charge in [0.1, 0.15) is 6.61 Å². The molecule has 0 spiro atoms. The van der Waals surface area contributed by atoms with E-state index in [9.17, 15) is 9.59 Å². The third-order valence-electron chi connectivity index (χ3n) is 5.62. The zero-order valence-electron chi connectivity index (χ0n) is 17.3. The number of carbonyl (C=O) groups excluding carboxylic acids is 2. The molecule has 1 heterocycles. The lowest BCUT2D eigenvalue weighted by molar-refractivity contribution is -0.119. The first-order valence-corrected chi connectivity index (χ1v) is 10.4. The number of ether oxygens (including phenoxy) is 1. The quantitative estimate of drug-likeness (QED) is 0.702. The normalized spacial score (nSPS) is 17.4. The first-order valence-electron chi connectivity index (χ1n) is 10.4. The molecule has 1 saturated heterocycles. The molecule has 1 fully saturated rings. The second-order valence-corrected chi connectivity index (χ2v) is 7.58. The number of amides is 2. The SMILES string of the molecule is CCC(=O)N(c1ccccc1)C(C)[C@@H]1CCCN(C(=O)OCc2ccccc2)C1. The van der Waals surface area contributed by atoms with Crippen LogP contribution in [-0.4, -0.2) is 36.0 Å². The predicted octanol–water partition coefficient (Wildman–Crippen LogP) is 4.87. The van der Waals surface area contributed by atoms with E-state index in [-0.39, 0.29) is 30.6 Å². The van der Waals surface area contributed by atoms with Crippen LogP contribution in [0.2, 0.25) is 0 Å². The van der Waals surface area contributed by atoms with Crippen molar-refractivity contribution in [1.82, 2.24) is 4.90 Å². The van der Waals surface area contributed by atoms with E-state index < -0.39 is 0 Å². The maximum atomic E-state index is 12.7. The Bertz CT molecular complexity index is 794. The highest BCUT2D eigenvalue weighted by Gasteiger charge is 2.33. The molecule has 0 N–H and O–H groups in total. The summed E-state index contributed by atoms with van der Waals surface area (Å²) in [6, 6.07) is 19.5. The second-order valence-electron chi connectivity index (χ2n) is 7.58. The van der Waals surface area contributed by atoms with Crippen molar-refractivity contribution in [1.29, 1.82) is 0 Å². The fourth-order valence-corrected chi connectivity index (χ4v) is 3.96. The average Bonchev–Trinajstić information content (AvgIpc) is 2.79. The molecular weight excluding hydrogens is 364 g/mol. The van der Waals surface area contributed by atoms with Gasteiger partial charge in [-0.1, -0.05) is 55.5 Å². The number of hydrogen-bond donors (Lipinski definition) is 0. The highest BCUT2D eigenvalue weighted by atomic mass is 16.6. The van der Waals surface area contributed by atoms with E-state index in [1.807, 2.05) is 72.5 Å². The van der Waals surface area contributed by atoms with Crippen LogP contribution >= 0.6 is 0 Å². The summed E-state index contributed by atoms with van der Waals surface area (Å²) >= 11 is 0. The number of nitrogens with zero attached hydrogens (tertiary/aromatic N) is 2. The van der Waals surface area contributed by atoms with E-state index in [4.69, 9.17) is 4.74 Å². The van der Waals surface area contributed by atoms with Crippen LogP contribution in [0.1, 0.15) is 38.7 Å². The third-order valence-corrected chi connectivity index (χ3v) is 5.62. The van der Waals surface area contributed by atoms with Crippen LogP contribution in [0.5, 0.6) is 0 Å². The Morgan fingerprint density at radius 2 is 1.76 bits per heavy atom. The first kappa shape index (κ1) is 20.9. The molecule has 0 bridgehead atoms. The largest absolute Gasteiger partial charge is 0.445 e. The lowest BCUT2D eigenvalue weighted by Crippen LogP contribution is -2.50. The summed E-state index contributed by atoms with van der Waals surface area (Å²) in [6.07, 6.45) is 2.08. The molecule has 0 aromatic heterocycles. The van der Waals surface area contributed by atoms with Gasteiger partial charge in [0.2, 0.25) is 5.91 Å². The summed E-state index contributed by atoms with van der Waals surface area (Å²) in [6.45, 7) is 5.56. The Balaban J connectivity index is 1.65. The zero-order valence-corrected chi connectivity index (χ0v) is 17.3. The Kier molecular flexibility index (Phi) is 7.28. The van der Waals surface area contributed by atoms with Crippen LogP contribution in [-0.2, 0) is 16.1 Å². The van der Waals surface area contributed by atoms with Crippen LogP contribution in [0.15, 0.2) is 60.7 Å². The van der Waals surface area contributed by atoms with Crippen LogP contribution in [0.25, 0.3) is 0 Å². The standard InChI is InChI=1S/C24H30N2O3/c1-3-23(27)26(22-14-8-5-9-15-22)19(2)21-13-10-16-25(17-21)24(28)29-18-20-11-6-4-7-12-20/h4-9,11-12,14-15,19,21H,3,10,13,16-18H2,1-2H3/t19?,21-/m1/s1. The molecule has 154 valence electrons. The minimum Gasteiger partial charge on any atom is -0.445 e. The lowest BCUT2D eigenvalue weighted by Gasteiger charge is -2.40. The van der Waals surface area contributed by atoms with Crippen molar-refractivity contribution in [3.05, 3.63) is 66.2 Å². The highest BCUT2D eigenvalue weighted by molar-refractivity contribution is 5.93. The van der Waals surface area contributed by atoms with Gasteiger partial charge in [0.05, 0.1) is 0 Å². The summed E-state index contributed by atoms with van der Waals surface area (Å²) in [5.74, 6) is 0.316. The van der Waals surface area contributed by atoms with E-state index in [0.717, 1.165) is 24.1 Å². The van der Waals surface area contributed by atoms with E-state index in [1.165, 1.54) is 0 Å². The minimum atomic E-state index is -0.279.